The first kappa shape index (κ1) is 20.0. The largest absolute Gasteiger partial charge is 0.350 e. The molecule has 0 aromatic heterocycles. The van der Waals surface area contributed by atoms with Crippen LogP contribution in [0.5, 0.6) is 0 Å². The van der Waals surface area contributed by atoms with E-state index in [2.05, 4.69) is 12.2 Å². The normalized spacial score (nSPS) is 13.9. The summed E-state index contributed by atoms with van der Waals surface area (Å²) in [7, 11) is 0. The Kier molecular flexibility index (Phi) is 5.72. The maximum atomic E-state index is 13.3. The standard InChI is InChI=1S/C25H22N2O2S/c1-3-18-9-7-8-12-21(18)26-22-23(30-20-15-13-17(2)14-16-20)25(29)27(24(22)28)19-10-5-4-6-11-19/h4-16,26H,3H2,1-2H3. The second-order valence-electron chi connectivity index (χ2n) is 7.04. The Bertz CT molecular complexity index is 1120. The van der Waals surface area contributed by atoms with Crippen LogP contribution >= 0.6 is 11.8 Å². The highest BCUT2D eigenvalue weighted by molar-refractivity contribution is 8.04. The van der Waals surface area contributed by atoms with Crippen LogP contribution in [-0.2, 0) is 16.0 Å². The fourth-order valence-electron chi connectivity index (χ4n) is 3.34. The molecule has 1 aliphatic heterocycles. The number of imide groups is 1. The lowest BCUT2D eigenvalue weighted by molar-refractivity contribution is -0.120. The van der Waals surface area contributed by atoms with Gasteiger partial charge in [0.1, 0.15) is 10.6 Å². The third-order valence-corrected chi connectivity index (χ3v) is 6.05. The third-order valence-electron chi connectivity index (χ3n) is 4.95. The number of nitrogens with one attached hydrogen (secondary N) is 1. The van der Waals surface area contributed by atoms with Crippen LogP contribution < -0.4 is 10.2 Å². The van der Waals surface area contributed by atoms with E-state index in [1.54, 1.807) is 12.1 Å². The molecule has 0 aliphatic carbocycles. The lowest BCUT2D eigenvalue weighted by Crippen LogP contribution is -2.32. The summed E-state index contributed by atoms with van der Waals surface area (Å²) in [6.07, 6.45) is 0.821. The molecule has 5 heteroatoms. The van der Waals surface area contributed by atoms with Crippen molar-refractivity contribution in [2.75, 3.05) is 10.2 Å². The minimum Gasteiger partial charge on any atom is -0.350 e. The first-order valence-electron chi connectivity index (χ1n) is 9.86. The molecule has 150 valence electrons. The Morgan fingerprint density at radius 3 is 2.20 bits per heavy atom. The number of anilines is 2. The summed E-state index contributed by atoms with van der Waals surface area (Å²) in [5, 5.41) is 3.27. The zero-order valence-electron chi connectivity index (χ0n) is 16.9. The van der Waals surface area contributed by atoms with E-state index >= 15 is 0 Å². The van der Waals surface area contributed by atoms with Crippen LogP contribution in [0.3, 0.4) is 0 Å². The quantitative estimate of drug-likeness (QED) is 0.538. The van der Waals surface area contributed by atoms with Gasteiger partial charge in [0.25, 0.3) is 11.8 Å². The number of carbonyl (C=O) groups is 2. The number of benzene rings is 3. The summed E-state index contributed by atoms with van der Waals surface area (Å²) in [5.41, 5.74) is 3.95. The molecule has 30 heavy (non-hydrogen) atoms. The van der Waals surface area contributed by atoms with E-state index in [0.717, 1.165) is 28.1 Å². The lowest BCUT2D eigenvalue weighted by Gasteiger charge is -2.15. The fourth-order valence-corrected chi connectivity index (χ4v) is 4.26. The van der Waals surface area contributed by atoms with Crippen molar-refractivity contribution in [1.82, 2.24) is 0 Å². The van der Waals surface area contributed by atoms with Crippen molar-refractivity contribution < 1.29 is 9.59 Å². The van der Waals surface area contributed by atoms with Crippen LogP contribution in [0.2, 0.25) is 0 Å². The minimum absolute atomic E-state index is 0.312. The number of hydrogen-bond donors (Lipinski definition) is 1. The van der Waals surface area contributed by atoms with Gasteiger partial charge in [0, 0.05) is 10.6 Å². The number of nitrogens with zero attached hydrogens (tertiary/aromatic N) is 1. The molecule has 0 atom stereocenters. The summed E-state index contributed by atoms with van der Waals surface area (Å²) in [6.45, 7) is 4.08. The van der Waals surface area contributed by atoms with Gasteiger partial charge in [-0.2, -0.15) is 0 Å². The average Bonchev–Trinajstić information content (AvgIpc) is 3.00. The predicted molar refractivity (Wildman–Crippen MR) is 122 cm³/mol. The summed E-state index contributed by atoms with van der Waals surface area (Å²) in [5.74, 6) is -0.653. The van der Waals surface area contributed by atoms with Crippen LogP contribution in [0.4, 0.5) is 11.4 Å². The summed E-state index contributed by atoms with van der Waals surface area (Å²) < 4.78 is 0. The molecular formula is C25H22N2O2S. The van der Waals surface area contributed by atoms with Gasteiger partial charge in [0.15, 0.2) is 0 Å². The highest BCUT2D eigenvalue weighted by atomic mass is 32.2. The van der Waals surface area contributed by atoms with E-state index in [9.17, 15) is 9.59 Å². The van der Waals surface area contributed by atoms with Gasteiger partial charge in [-0.15, -0.1) is 0 Å². The number of para-hydroxylation sites is 2. The average molecular weight is 415 g/mol. The summed E-state index contributed by atoms with van der Waals surface area (Å²) in [4.78, 5) is 29.2. The Morgan fingerprint density at radius 1 is 0.833 bits per heavy atom. The predicted octanol–water partition coefficient (Wildman–Crippen LogP) is 5.55. The maximum Gasteiger partial charge on any atom is 0.283 e. The molecule has 0 saturated heterocycles. The van der Waals surface area contributed by atoms with E-state index in [1.165, 1.54) is 16.7 Å². The van der Waals surface area contributed by atoms with Crippen LogP contribution in [0.1, 0.15) is 18.1 Å². The molecule has 0 spiro atoms. The minimum atomic E-state index is -0.341. The summed E-state index contributed by atoms with van der Waals surface area (Å²) >= 11 is 1.32. The molecule has 1 aliphatic rings. The zero-order valence-corrected chi connectivity index (χ0v) is 17.7. The number of aryl methyl sites for hydroxylation is 2. The molecule has 1 heterocycles. The molecule has 0 saturated carbocycles. The van der Waals surface area contributed by atoms with Gasteiger partial charge in [0.05, 0.1) is 5.69 Å². The van der Waals surface area contributed by atoms with E-state index in [0.29, 0.717) is 16.3 Å². The van der Waals surface area contributed by atoms with E-state index < -0.39 is 0 Å². The van der Waals surface area contributed by atoms with Gasteiger partial charge in [-0.1, -0.05) is 72.8 Å². The van der Waals surface area contributed by atoms with E-state index in [4.69, 9.17) is 0 Å². The highest BCUT2D eigenvalue weighted by Gasteiger charge is 2.40. The molecule has 4 nitrogen and oxygen atoms in total. The third kappa shape index (κ3) is 3.89. The van der Waals surface area contributed by atoms with Crippen LogP contribution in [0, 0.1) is 6.92 Å². The molecule has 0 unspecified atom stereocenters. The second-order valence-corrected chi connectivity index (χ2v) is 8.12. The van der Waals surface area contributed by atoms with Crippen LogP contribution in [-0.4, -0.2) is 11.8 Å². The Balaban J connectivity index is 1.76. The number of amides is 2. The topological polar surface area (TPSA) is 49.4 Å². The smallest absolute Gasteiger partial charge is 0.283 e. The molecule has 3 aromatic carbocycles. The monoisotopic (exact) mass is 414 g/mol. The van der Waals surface area contributed by atoms with Crippen molar-refractivity contribution in [3.05, 3.63) is 101 Å². The van der Waals surface area contributed by atoms with Gasteiger partial charge in [-0.3, -0.25) is 9.59 Å². The fraction of sp³-hybridized carbons (Fsp3) is 0.120. The first-order valence-corrected chi connectivity index (χ1v) is 10.7. The molecule has 0 bridgehead atoms. The SMILES string of the molecule is CCc1ccccc1NC1=C(Sc2ccc(C)cc2)C(=O)N(c2ccccc2)C1=O. The highest BCUT2D eigenvalue weighted by Crippen LogP contribution is 2.38. The number of carbonyl (C=O) groups excluding carboxylic acids is 2. The lowest BCUT2D eigenvalue weighted by atomic mass is 10.1. The molecule has 4 rings (SSSR count). The van der Waals surface area contributed by atoms with Crippen LogP contribution in [0.15, 0.2) is 94.4 Å². The molecule has 1 N–H and O–H groups in total. The second kappa shape index (κ2) is 8.59. The number of rotatable bonds is 6. The summed E-state index contributed by atoms with van der Waals surface area (Å²) in [6, 6.07) is 24.8. The van der Waals surface area contributed by atoms with Gasteiger partial charge in [-0.05, 0) is 49.2 Å². The Morgan fingerprint density at radius 2 is 1.50 bits per heavy atom. The Labute approximate surface area is 180 Å². The number of hydrogen-bond acceptors (Lipinski definition) is 4. The van der Waals surface area contributed by atoms with E-state index in [1.807, 2.05) is 73.7 Å². The first-order chi connectivity index (χ1) is 14.6. The molecule has 2 amide bonds. The van der Waals surface area contributed by atoms with Gasteiger partial charge in [-0.25, -0.2) is 4.90 Å². The molecule has 0 fully saturated rings. The number of thioether (sulfide) groups is 1. The van der Waals surface area contributed by atoms with Crippen molar-refractivity contribution in [2.24, 2.45) is 0 Å². The molecule has 0 radical (unpaired) electrons. The van der Waals surface area contributed by atoms with E-state index in [-0.39, 0.29) is 11.8 Å². The van der Waals surface area contributed by atoms with Gasteiger partial charge < -0.3 is 5.32 Å². The van der Waals surface area contributed by atoms with Crippen molar-refractivity contribution in [3.8, 4) is 0 Å². The van der Waals surface area contributed by atoms with Gasteiger partial charge in [0.2, 0.25) is 0 Å². The Hall–Kier alpha value is -3.31. The van der Waals surface area contributed by atoms with Crippen LogP contribution in [0.25, 0.3) is 0 Å². The van der Waals surface area contributed by atoms with Gasteiger partial charge >= 0.3 is 0 Å². The van der Waals surface area contributed by atoms with Crippen molar-refractivity contribution in [2.45, 2.75) is 25.2 Å². The maximum absolute atomic E-state index is 13.3. The molecular weight excluding hydrogens is 392 g/mol. The van der Waals surface area contributed by atoms with Crippen molar-refractivity contribution in [1.29, 1.82) is 0 Å². The van der Waals surface area contributed by atoms with Crippen molar-refractivity contribution >= 4 is 35.0 Å². The zero-order chi connectivity index (χ0) is 21.1. The molecule has 3 aromatic rings. The van der Waals surface area contributed by atoms with Crippen molar-refractivity contribution in [3.63, 3.8) is 0 Å².